The number of ether oxygens (including phenoxy) is 2. The fourth-order valence-electron chi connectivity index (χ4n) is 12.3. The van der Waals surface area contributed by atoms with Crippen molar-refractivity contribution in [1.82, 2.24) is 5.32 Å². The minimum atomic E-state index is -1.57. The summed E-state index contributed by atoms with van der Waals surface area (Å²) in [4.78, 5) is 13.1. The van der Waals surface area contributed by atoms with Gasteiger partial charge >= 0.3 is 0 Å². The molecule has 9 nitrogen and oxygen atoms in total. The Morgan fingerprint density at radius 1 is 0.388 bits per heavy atom. The number of hydrogen-bond acceptors (Lipinski definition) is 8. The van der Waals surface area contributed by atoms with Gasteiger partial charge in [0.1, 0.15) is 24.4 Å². The molecule has 1 aliphatic heterocycles. The molecule has 9 heteroatoms. The van der Waals surface area contributed by atoms with Crippen molar-refractivity contribution in [2.24, 2.45) is 0 Å². The van der Waals surface area contributed by atoms with Gasteiger partial charge in [0, 0.05) is 6.42 Å². The lowest BCUT2D eigenvalue weighted by molar-refractivity contribution is -0.302. The quantitative estimate of drug-likeness (QED) is 0.0261. The van der Waals surface area contributed by atoms with Gasteiger partial charge in [0.15, 0.2) is 6.29 Å². The molecule has 6 N–H and O–H groups in total. The third-order valence-electron chi connectivity index (χ3n) is 18.2. The fourth-order valence-corrected chi connectivity index (χ4v) is 12.3. The molecule has 0 spiro atoms. The van der Waals surface area contributed by atoms with Crippen molar-refractivity contribution >= 4 is 5.91 Å². The molecule has 502 valence electrons. The maximum absolute atomic E-state index is 13.1. The van der Waals surface area contributed by atoms with E-state index in [0.717, 1.165) is 44.9 Å². The van der Waals surface area contributed by atoms with Crippen molar-refractivity contribution < 1.29 is 39.8 Å². The van der Waals surface area contributed by atoms with E-state index < -0.39 is 49.5 Å². The van der Waals surface area contributed by atoms with Crippen LogP contribution in [0.5, 0.6) is 0 Å². The van der Waals surface area contributed by atoms with Crippen LogP contribution in [0.2, 0.25) is 0 Å². The molecular weight excluding hydrogens is 1050 g/mol. The second-order valence-electron chi connectivity index (χ2n) is 26.4. The van der Waals surface area contributed by atoms with Gasteiger partial charge in [0.2, 0.25) is 5.91 Å². The summed E-state index contributed by atoms with van der Waals surface area (Å²) < 4.78 is 11.3. The van der Waals surface area contributed by atoms with Gasteiger partial charge < -0.3 is 40.3 Å². The van der Waals surface area contributed by atoms with E-state index in [9.17, 15) is 30.3 Å². The number of carbonyl (C=O) groups excluding carboxylic acids is 1. The third kappa shape index (κ3) is 53.9. The van der Waals surface area contributed by atoms with Crippen molar-refractivity contribution in [1.29, 1.82) is 0 Å². The second kappa shape index (κ2) is 65.4. The molecule has 0 aromatic carbocycles. The van der Waals surface area contributed by atoms with Gasteiger partial charge in [-0.15, -0.1) is 0 Å². The van der Waals surface area contributed by atoms with Crippen LogP contribution >= 0.6 is 0 Å². The highest BCUT2D eigenvalue weighted by atomic mass is 16.7. The Labute approximate surface area is 527 Å². The number of amides is 1. The summed E-state index contributed by atoms with van der Waals surface area (Å²) in [5, 5.41) is 54.7. The molecular formula is C76H145NO8. The number of hydrogen-bond donors (Lipinski definition) is 6. The normalized spacial score (nSPS) is 18.2. The first-order valence-electron chi connectivity index (χ1n) is 37.7. The van der Waals surface area contributed by atoms with Crippen molar-refractivity contribution in [3.05, 3.63) is 36.5 Å². The van der Waals surface area contributed by atoms with Crippen LogP contribution in [0.3, 0.4) is 0 Å². The Balaban J connectivity index is 2.04. The number of nitrogens with one attached hydrogen (secondary N) is 1. The number of allylic oxidation sites excluding steroid dienone is 5. The SMILES string of the molecule is CCCCCCCCCCCCC/C=C/CC/C=C/CC/C=C/C(O)C(COC1OC(CO)C(O)C(O)C1O)NC(=O)CCCCCCCCCCCCCCCCCCCCCCCCCCCCCCCCCCCCCCCCCCC. The van der Waals surface area contributed by atoms with E-state index >= 15 is 0 Å². The predicted octanol–water partition coefficient (Wildman–Crippen LogP) is 21.0. The van der Waals surface area contributed by atoms with Crippen LogP contribution < -0.4 is 5.32 Å². The number of carbonyl (C=O) groups is 1. The highest BCUT2D eigenvalue weighted by molar-refractivity contribution is 5.76. The zero-order valence-electron chi connectivity index (χ0n) is 56.4. The highest BCUT2D eigenvalue weighted by Gasteiger charge is 2.44. The largest absolute Gasteiger partial charge is 0.394 e. The van der Waals surface area contributed by atoms with Gasteiger partial charge in [0.25, 0.3) is 0 Å². The zero-order chi connectivity index (χ0) is 61.4. The van der Waals surface area contributed by atoms with E-state index in [1.54, 1.807) is 6.08 Å². The molecule has 85 heavy (non-hydrogen) atoms. The molecule has 0 radical (unpaired) electrons. The van der Waals surface area contributed by atoms with Gasteiger partial charge in [-0.3, -0.25) is 4.79 Å². The molecule has 1 fully saturated rings. The molecule has 1 amide bonds. The molecule has 1 heterocycles. The molecule has 7 atom stereocenters. The summed E-state index contributed by atoms with van der Waals surface area (Å²) in [6.07, 6.45) is 81.6. The van der Waals surface area contributed by atoms with Crippen molar-refractivity contribution in [3.8, 4) is 0 Å². The molecule has 0 aromatic heterocycles. The molecule has 0 saturated carbocycles. The summed E-state index contributed by atoms with van der Waals surface area (Å²) in [6.45, 7) is 3.81. The summed E-state index contributed by atoms with van der Waals surface area (Å²) in [5.74, 6) is -0.183. The van der Waals surface area contributed by atoms with Crippen LogP contribution in [-0.2, 0) is 14.3 Å². The second-order valence-corrected chi connectivity index (χ2v) is 26.4. The highest BCUT2D eigenvalue weighted by Crippen LogP contribution is 2.24. The monoisotopic (exact) mass is 1200 g/mol. The summed E-state index contributed by atoms with van der Waals surface area (Å²) in [6, 6.07) is -0.828. The minimum Gasteiger partial charge on any atom is -0.394 e. The summed E-state index contributed by atoms with van der Waals surface area (Å²) in [5.41, 5.74) is 0. The Bertz CT molecular complexity index is 1440. The first-order valence-corrected chi connectivity index (χ1v) is 37.7. The van der Waals surface area contributed by atoms with E-state index in [-0.39, 0.29) is 12.5 Å². The maximum atomic E-state index is 13.1. The molecule has 1 rings (SSSR count). The minimum absolute atomic E-state index is 0.183. The maximum Gasteiger partial charge on any atom is 0.220 e. The Morgan fingerprint density at radius 3 is 0.988 bits per heavy atom. The zero-order valence-corrected chi connectivity index (χ0v) is 56.4. The molecule has 1 saturated heterocycles. The lowest BCUT2D eigenvalue weighted by Gasteiger charge is -2.40. The Hall–Kier alpha value is -1.59. The van der Waals surface area contributed by atoms with E-state index in [1.165, 1.54) is 321 Å². The van der Waals surface area contributed by atoms with Gasteiger partial charge in [-0.05, 0) is 44.9 Å². The van der Waals surface area contributed by atoms with Crippen molar-refractivity contribution in [3.63, 3.8) is 0 Å². The third-order valence-corrected chi connectivity index (χ3v) is 18.2. The van der Waals surface area contributed by atoms with E-state index in [4.69, 9.17) is 9.47 Å². The first-order chi connectivity index (χ1) is 41.8. The van der Waals surface area contributed by atoms with Gasteiger partial charge in [-0.25, -0.2) is 0 Å². The molecule has 7 unspecified atom stereocenters. The van der Waals surface area contributed by atoms with Gasteiger partial charge in [-0.2, -0.15) is 0 Å². The predicted molar refractivity (Wildman–Crippen MR) is 364 cm³/mol. The Kier molecular flexibility index (Phi) is 62.6. The van der Waals surface area contributed by atoms with Crippen molar-refractivity contribution in [2.45, 2.75) is 429 Å². The topological polar surface area (TPSA) is 149 Å². The van der Waals surface area contributed by atoms with Gasteiger partial charge in [0.05, 0.1) is 25.4 Å². The summed E-state index contributed by atoms with van der Waals surface area (Å²) in [7, 11) is 0. The average Bonchev–Trinajstić information content (AvgIpc) is 3.71. The van der Waals surface area contributed by atoms with E-state index in [2.05, 4.69) is 43.5 Å². The van der Waals surface area contributed by atoms with Crippen molar-refractivity contribution in [2.75, 3.05) is 13.2 Å². The van der Waals surface area contributed by atoms with Crippen LogP contribution in [0.25, 0.3) is 0 Å². The van der Waals surface area contributed by atoms with Crippen LogP contribution in [-0.4, -0.2) is 87.5 Å². The lowest BCUT2D eigenvalue weighted by Crippen LogP contribution is -2.60. The van der Waals surface area contributed by atoms with E-state index in [1.807, 2.05) is 6.08 Å². The summed E-state index contributed by atoms with van der Waals surface area (Å²) >= 11 is 0. The number of aliphatic hydroxyl groups is 5. The number of rotatable bonds is 67. The van der Waals surface area contributed by atoms with Crippen LogP contribution in [0, 0.1) is 0 Å². The molecule has 1 aliphatic rings. The smallest absolute Gasteiger partial charge is 0.220 e. The Morgan fingerprint density at radius 2 is 0.671 bits per heavy atom. The number of unbranched alkanes of at least 4 members (excludes halogenated alkanes) is 53. The number of aliphatic hydroxyl groups excluding tert-OH is 5. The molecule has 0 aliphatic carbocycles. The van der Waals surface area contributed by atoms with Crippen LogP contribution in [0.15, 0.2) is 36.5 Å². The fraction of sp³-hybridized carbons (Fsp3) is 0.908. The standard InChI is InChI=1S/C76H145NO8/c1-3-5-7-9-11-13-15-17-19-21-23-25-26-27-28-29-30-31-32-33-34-35-36-37-38-39-40-41-42-43-44-46-48-50-52-54-56-58-60-62-64-66-72(80)77-69(68-84-76-75(83)74(82)73(81)71(67-78)85-76)70(79)65-63-61-59-57-55-53-51-49-47-45-24-22-20-18-16-14-12-10-8-6-4-2/h47,49,55,57,63,65,69-71,73-76,78-79,81-83H,3-46,48,50-54,56,58-62,64,66-68H2,1-2H3,(H,77,80)/b49-47+,57-55+,65-63+. The van der Waals surface area contributed by atoms with Crippen LogP contribution in [0.1, 0.15) is 386 Å². The molecule has 0 bridgehead atoms. The van der Waals surface area contributed by atoms with Gasteiger partial charge in [-0.1, -0.05) is 371 Å². The average molecular weight is 1200 g/mol. The van der Waals surface area contributed by atoms with Crippen LogP contribution in [0.4, 0.5) is 0 Å². The van der Waals surface area contributed by atoms with E-state index in [0.29, 0.717) is 6.42 Å². The lowest BCUT2D eigenvalue weighted by atomic mass is 9.99. The molecule has 0 aromatic rings. The first kappa shape index (κ1) is 81.4.